The molecule has 1 aromatic heterocycles. The average molecular weight is 293 g/mol. The molecule has 20 heavy (non-hydrogen) atoms. The standard InChI is InChI=1S/C15H23N3OS/c1-12-4-3-5-13(17-12)10-18(2)15(19)11-20-14-6-8-16-9-7-14/h3-5,14,16H,6-11H2,1-2H3. The second kappa shape index (κ2) is 7.64. The highest BCUT2D eigenvalue weighted by molar-refractivity contribution is 8.00. The van der Waals surface area contributed by atoms with Crippen LogP contribution in [0.4, 0.5) is 0 Å². The summed E-state index contributed by atoms with van der Waals surface area (Å²) in [5.41, 5.74) is 1.94. The van der Waals surface area contributed by atoms with Gasteiger partial charge in [0.25, 0.3) is 0 Å². The lowest BCUT2D eigenvalue weighted by atomic mass is 10.2. The van der Waals surface area contributed by atoms with E-state index in [2.05, 4.69) is 10.3 Å². The van der Waals surface area contributed by atoms with E-state index in [1.165, 1.54) is 12.8 Å². The molecule has 1 aliphatic rings. The van der Waals surface area contributed by atoms with Gasteiger partial charge in [-0.05, 0) is 45.0 Å². The first-order valence-corrected chi connectivity index (χ1v) is 8.19. The number of carbonyl (C=O) groups is 1. The Balaban J connectivity index is 1.76. The Morgan fingerprint density at radius 1 is 1.45 bits per heavy atom. The molecule has 1 amide bonds. The van der Waals surface area contributed by atoms with Gasteiger partial charge in [-0.3, -0.25) is 9.78 Å². The maximum atomic E-state index is 12.1. The third kappa shape index (κ3) is 4.80. The largest absolute Gasteiger partial charge is 0.339 e. The van der Waals surface area contributed by atoms with E-state index < -0.39 is 0 Å². The Hall–Kier alpha value is -1.07. The molecule has 0 unspecified atom stereocenters. The number of piperidine rings is 1. The van der Waals surface area contributed by atoms with Crippen molar-refractivity contribution in [1.82, 2.24) is 15.2 Å². The van der Waals surface area contributed by atoms with E-state index in [1.807, 2.05) is 32.2 Å². The number of hydrogen-bond acceptors (Lipinski definition) is 4. The van der Waals surface area contributed by atoms with E-state index in [0.717, 1.165) is 24.5 Å². The maximum absolute atomic E-state index is 12.1. The van der Waals surface area contributed by atoms with Gasteiger partial charge in [-0.1, -0.05) is 6.07 Å². The maximum Gasteiger partial charge on any atom is 0.232 e. The fourth-order valence-electron chi connectivity index (χ4n) is 2.28. The minimum absolute atomic E-state index is 0.192. The topological polar surface area (TPSA) is 45.2 Å². The molecule has 5 heteroatoms. The molecule has 110 valence electrons. The molecular weight excluding hydrogens is 270 g/mol. The van der Waals surface area contributed by atoms with E-state index in [1.54, 1.807) is 16.7 Å². The van der Waals surface area contributed by atoms with Crippen molar-refractivity contribution in [3.63, 3.8) is 0 Å². The van der Waals surface area contributed by atoms with Crippen LogP contribution in [0.2, 0.25) is 0 Å². The molecular formula is C15H23N3OS. The fourth-order valence-corrected chi connectivity index (χ4v) is 3.45. The van der Waals surface area contributed by atoms with Crippen LogP contribution in [0.3, 0.4) is 0 Å². The second-order valence-corrected chi connectivity index (χ2v) is 6.57. The average Bonchev–Trinajstić information content (AvgIpc) is 2.46. The first kappa shape index (κ1) is 15.3. The Bertz CT molecular complexity index is 446. The summed E-state index contributed by atoms with van der Waals surface area (Å²) in [4.78, 5) is 18.3. The Morgan fingerprint density at radius 2 is 2.20 bits per heavy atom. The van der Waals surface area contributed by atoms with Crippen LogP contribution in [0.5, 0.6) is 0 Å². The molecule has 1 aromatic rings. The lowest BCUT2D eigenvalue weighted by Gasteiger charge is -2.23. The van der Waals surface area contributed by atoms with Crippen molar-refractivity contribution in [1.29, 1.82) is 0 Å². The van der Waals surface area contributed by atoms with Crippen molar-refractivity contribution in [2.45, 2.75) is 31.6 Å². The number of hydrogen-bond donors (Lipinski definition) is 1. The second-order valence-electron chi connectivity index (χ2n) is 5.28. The van der Waals surface area contributed by atoms with Crippen molar-refractivity contribution >= 4 is 17.7 Å². The zero-order chi connectivity index (χ0) is 14.4. The molecule has 2 heterocycles. The molecule has 0 atom stereocenters. The summed E-state index contributed by atoms with van der Waals surface area (Å²) in [6.45, 7) is 4.72. The predicted molar refractivity (Wildman–Crippen MR) is 83.8 cm³/mol. The molecule has 1 fully saturated rings. The summed E-state index contributed by atoms with van der Waals surface area (Å²) in [6, 6.07) is 5.93. The molecule has 4 nitrogen and oxygen atoms in total. The van der Waals surface area contributed by atoms with E-state index >= 15 is 0 Å². The summed E-state index contributed by atoms with van der Waals surface area (Å²) >= 11 is 1.80. The van der Waals surface area contributed by atoms with E-state index in [0.29, 0.717) is 17.5 Å². The zero-order valence-electron chi connectivity index (χ0n) is 12.3. The van der Waals surface area contributed by atoms with Gasteiger partial charge in [-0.15, -0.1) is 11.8 Å². The summed E-state index contributed by atoms with van der Waals surface area (Å²) in [6.07, 6.45) is 2.34. The van der Waals surface area contributed by atoms with Gasteiger partial charge in [0.15, 0.2) is 0 Å². The number of aryl methyl sites for hydroxylation is 1. The number of aromatic nitrogens is 1. The van der Waals surface area contributed by atoms with E-state index in [4.69, 9.17) is 0 Å². The molecule has 0 aliphatic carbocycles. The van der Waals surface area contributed by atoms with Crippen molar-refractivity contribution in [3.05, 3.63) is 29.6 Å². The quantitative estimate of drug-likeness (QED) is 0.900. The van der Waals surface area contributed by atoms with Gasteiger partial charge in [0, 0.05) is 18.0 Å². The molecule has 0 bridgehead atoms. The van der Waals surface area contributed by atoms with Crippen LogP contribution in [-0.2, 0) is 11.3 Å². The molecule has 1 aliphatic heterocycles. The van der Waals surface area contributed by atoms with E-state index in [-0.39, 0.29) is 5.91 Å². The smallest absolute Gasteiger partial charge is 0.232 e. The predicted octanol–water partition coefficient (Wildman–Crippen LogP) is 1.83. The molecule has 0 saturated carbocycles. The zero-order valence-corrected chi connectivity index (χ0v) is 13.1. The first-order chi connectivity index (χ1) is 9.65. The minimum atomic E-state index is 0.192. The van der Waals surface area contributed by atoms with Gasteiger partial charge in [0.05, 0.1) is 18.0 Å². The number of amides is 1. The Morgan fingerprint density at radius 3 is 2.90 bits per heavy atom. The number of thioether (sulfide) groups is 1. The van der Waals surface area contributed by atoms with Crippen molar-refractivity contribution < 1.29 is 4.79 Å². The van der Waals surface area contributed by atoms with Crippen LogP contribution < -0.4 is 5.32 Å². The lowest BCUT2D eigenvalue weighted by molar-refractivity contribution is -0.127. The van der Waals surface area contributed by atoms with Gasteiger partial charge >= 0.3 is 0 Å². The molecule has 1 saturated heterocycles. The van der Waals surface area contributed by atoms with Gasteiger partial charge in [-0.25, -0.2) is 0 Å². The monoisotopic (exact) mass is 293 g/mol. The fraction of sp³-hybridized carbons (Fsp3) is 0.600. The number of pyridine rings is 1. The third-order valence-electron chi connectivity index (χ3n) is 3.50. The third-order valence-corrected chi connectivity index (χ3v) is 4.86. The number of carbonyl (C=O) groups excluding carboxylic acids is 1. The van der Waals surface area contributed by atoms with Crippen LogP contribution in [0.1, 0.15) is 24.2 Å². The number of nitrogens with zero attached hydrogens (tertiary/aromatic N) is 2. The number of rotatable bonds is 5. The SMILES string of the molecule is Cc1cccc(CN(C)C(=O)CSC2CCNCC2)n1. The molecule has 1 N–H and O–H groups in total. The van der Waals surface area contributed by atoms with Crippen LogP contribution in [0.15, 0.2) is 18.2 Å². The van der Waals surface area contributed by atoms with Crippen LogP contribution >= 0.6 is 11.8 Å². The highest BCUT2D eigenvalue weighted by Crippen LogP contribution is 2.20. The molecule has 2 rings (SSSR count). The van der Waals surface area contributed by atoms with Gasteiger partial charge in [0.2, 0.25) is 5.91 Å². The molecule has 0 aromatic carbocycles. The minimum Gasteiger partial charge on any atom is -0.339 e. The van der Waals surface area contributed by atoms with Crippen molar-refractivity contribution in [2.24, 2.45) is 0 Å². The van der Waals surface area contributed by atoms with Gasteiger partial charge in [-0.2, -0.15) is 0 Å². The summed E-state index contributed by atoms with van der Waals surface area (Å²) in [5, 5.41) is 3.98. The van der Waals surface area contributed by atoms with E-state index in [9.17, 15) is 4.79 Å². The van der Waals surface area contributed by atoms with Crippen LogP contribution in [-0.4, -0.2) is 46.9 Å². The summed E-state index contributed by atoms with van der Waals surface area (Å²) in [7, 11) is 1.86. The van der Waals surface area contributed by atoms with Crippen molar-refractivity contribution in [3.8, 4) is 0 Å². The van der Waals surface area contributed by atoms with Crippen LogP contribution in [0, 0.1) is 6.92 Å². The summed E-state index contributed by atoms with van der Waals surface area (Å²) in [5.74, 6) is 0.768. The normalized spacial score (nSPS) is 16.1. The highest BCUT2D eigenvalue weighted by Gasteiger charge is 2.17. The Kier molecular flexibility index (Phi) is 5.86. The summed E-state index contributed by atoms with van der Waals surface area (Å²) < 4.78 is 0. The molecule has 0 radical (unpaired) electrons. The molecule has 0 spiro atoms. The lowest BCUT2D eigenvalue weighted by Crippen LogP contribution is -2.32. The number of nitrogens with one attached hydrogen (secondary N) is 1. The van der Waals surface area contributed by atoms with Gasteiger partial charge < -0.3 is 10.2 Å². The van der Waals surface area contributed by atoms with Gasteiger partial charge in [0.1, 0.15) is 0 Å². The first-order valence-electron chi connectivity index (χ1n) is 7.14. The highest BCUT2D eigenvalue weighted by atomic mass is 32.2. The Labute approximate surface area is 125 Å². The van der Waals surface area contributed by atoms with Crippen molar-refractivity contribution in [2.75, 3.05) is 25.9 Å². The van der Waals surface area contributed by atoms with Crippen LogP contribution in [0.25, 0.3) is 0 Å².